The average Bonchev–Trinajstić information content (AvgIpc) is 2.95. The molecule has 6 nitrogen and oxygen atoms in total. The van der Waals surface area contributed by atoms with Crippen LogP contribution in [0.3, 0.4) is 0 Å². The Bertz CT molecular complexity index is 1360. The van der Waals surface area contributed by atoms with E-state index in [2.05, 4.69) is 5.32 Å². The highest BCUT2D eigenvalue weighted by Gasteiger charge is 2.23. The molecule has 0 aromatic heterocycles. The van der Waals surface area contributed by atoms with E-state index in [4.69, 9.17) is 14.2 Å². The van der Waals surface area contributed by atoms with Gasteiger partial charge in [0.1, 0.15) is 25.1 Å². The first-order valence-corrected chi connectivity index (χ1v) is 12.1. The summed E-state index contributed by atoms with van der Waals surface area (Å²) in [5, 5.41) is 2.65. The summed E-state index contributed by atoms with van der Waals surface area (Å²) in [7, 11) is 1.25. The van der Waals surface area contributed by atoms with Crippen molar-refractivity contribution in [1.29, 1.82) is 0 Å². The summed E-state index contributed by atoms with van der Waals surface area (Å²) in [6, 6.07) is 29.1. The minimum atomic E-state index is -0.992. The summed E-state index contributed by atoms with van der Waals surface area (Å²) < 4.78 is 30.7. The summed E-state index contributed by atoms with van der Waals surface area (Å²) >= 11 is 0. The largest absolute Gasteiger partial charge is 0.485 e. The van der Waals surface area contributed by atoms with Crippen molar-refractivity contribution >= 4 is 11.9 Å². The van der Waals surface area contributed by atoms with Crippen LogP contribution in [-0.4, -0.2) is 25.0 Å². The maximum atomic E-state index is 13.6. The van der Waals surface area contributed by atoms with Gasteiger partial charge in [-0.3, -0.25) is 4.79 Å². The number of halogens is 1. The predicted octanol–water partition coefficient (Wildman–Crippen LogP) is 5.50. The van der Waals surface area contributed by atoms with Gasteiger partial charge in [-0.25, -0.2) is 9.18 Å². The van der Waals surface area contributed by atoms with Crippen LogP contribution in [0.15, 0.2) is 103 Å². The van der Waals surface area contributed by atoms with Gasteiger partial charge in [-0.15, -0.1) is 0 Å². The van der Waals surface area contributed by atoms with Gasteiger partial charge in [0, 0.05) is 12.0 Å². The molecule has 4 aromatic rings. The Hall–Kier alpha value is -4.65. The van der Waals surface area contributed by atoms with Crippen LogP contribution < -0.4 is 14.8 Å². The number of esters is 1. The second-order valence-electron chi connectivity index (χ2n) is 8.59. The van der Waals surface area contributed by atoms with Gasteiger partial charge in [0.05, 0.1) is 7.11 Å². The number of methoxy groups -OCH3 is 1. The molecule has 194 valence electrons. The van der Waals surface area contributed by atoms with Crippen LogP contribution in [-0.2, 0) is 29.2 Å². The zero-order valence-electron chi connectivity index (χ0n) is 20.9. The molecule has 0 saturated heterocycles. The van der Waals surface area contributed by atoms with E-state index < -0.39 is 23.7 Å². The fourth-order valence-electron chi connectivity index (χ4n) is 3.82. The molecule has 0 fully saturated rings. The number of carbonyl (C=O) groups excluding carboxylic acids is 2. The SMILES string of the molecule is COC(=O)[C@H](Cc1ccc(OCc2ccccc2)c(OCc2ccccc2)c1)NC(=O)c1cccc(F)c1. The molecule has 0 aliphatic rings. The van der Waals surface area contributed by atoms with Gasteiger partial charge >= 0.3 is 5.97 Å². The van der Waals surface area contributed by atoms with Gasteiger partial charge < -0.3 is 19.5 Å². The Morgan fingerprint density at radius 3 is 1.97 bits per heavy atom. The van der Waals surface area contributed by atoms with Gasteiger partial charge in [0.25, 0.3) is 5.91 Å². The zero-order valence-corrected chi connectivity index (χ0v) is 20.9. The van der Waals surface area contributed by atoms with Gasteiger partial charge in [-0.1, -0.05) is 72.8 Å². The molecule has 1 amide bonds. The molecule has 1 N–H and O–H groups in total. The predicted molar refractivity (Wildman–Crippen MR) is 141 cm³/mol. The first-order chi connectivity index (χ1) is 18.5. The zero-order chi connectivity index (χ0) is 26.7. The van der Waals surface area contributed by atoms with Crippen LogP contribution in [0.1, 0.15) is 27.0 Å². The van der Waals surface area contributed by atoms with E-state index in [1.54, 1.807) is 18.2 Å². The lowest BCUT2D eigenvalue weighted by molar-refractivity contribution is -0.142. The van der Waals surface area contributed by atoms with Crippen LogP contribution in [0.5, 0.6) is 11.5 Å². The third kappa shape index (κ3) is 7.43. The minimum Gasteiger partial charge on any atom is -0.485 e. The maximum Gasteiger partial charge on any atom is 0.328 e. The quantitative estimate of drug-likeness (QED) is 0.268. The summed E-state index contributed by atoms with van der Waals surface area (Å²) in [6.45, 7) is 0.680. The van der Waals surface area contributed by atoms with Crippen LogP contribution in [0.25, 0.3) is 0 Å². The number of carbonyl (C=O) groups is 2. The Balaban J connectivity index is 1.54. The average molecular weight is 514 g/mol. The molecule has 0 heterocycles. The van der Waals surface area contributed by atoms with Gasteiger partial charge in [0.2, 0.25) is 0 Å². The lowest BCUT2D eigenvalue weighted by atomic mass is 10.0. The fraction of sp³-hybridized carbons (Fsp3) is 0.161. The number of hydrogen-bond acceptors (Lipinski definition) is 5. The van der Waals surface area contributed by atoms with Crippen molar-refractivity contribution in [1.82, 2.24) is 5.32 Å². The number of benzene rings is 4. The third-order valence-electron chi connectivity index (χ3n) is 5.80. The molecule has 4 rings (SSSR count). The Labute approximate surface area is 221 Å². The molecule has 38 heavy (non-hydrogen) atoms. The second-order valence-corrected chi connectivity index (χ2v) is 8.59. The standard InChI is InChI=1S/C31H28FNO5/c1-36-31(35)27(33-30(34)25-13-8-14-26(32)19-25)17-24-15-16-28(37-20-22-9-4-2-5-10-22)29(18-24)38-21-23-11-6-3-7-12-23/h2-16,18-19,27H,17,20-21H2,1H3,(H,33,34)/t27-/m0/s1. The van der Waals surface area contributed by atoms with E-state index in [0.717, 1.165) is 22.8 Å². The van der Waals surface area contributed by atoms with E-state index in [9.17, 15) is 14.0 Å². The van der Waals surface area contributed by atoms with Crippen molar-refractivity contribution in [2.45, 2.75) is 25.7 Å². The van der Waals surface area contributed by atoms with E-state index in [1.165, 1.54) is 25.3 Å². The number of amides is 1. The van der Waals surface area contributed by atoms with Crippen molar-refractivity contribution in [3.63, 3.8) is 0 Å². The maximum absolute atomic E-state index is 13.6. The van der Waals surface area contributed by atoms with E-state index in [0.29, 0.717) is 24.7 Å². The molecule has 1 atom stereocenters. The van der Waals surface area contributed by atoms with Crippen LogP contribution in [0.2, 0.25) is 0 Å². The smallest absolute Gasteiger partial charge is 0.328 e. The summed E-state index contributed by atoms with van der Waals surface area (Å²) in [4.78, 5) is 25.2. The summed E-state index contributed by atoms with van der Waals surface area (Å²) in [5.41, 5.74) is 2.82. The number of ether oxygens (including phenoxy) is 3. The van der Waals surface area contributed by atoms with Crippen molar-refractivity contribution in [3.8, 4) is 11.5 Å². The molecule has 0 saturated carbocycles. The van der Waals surface area contributed by atoms with Crippen molar-refractivity contribution in [2.24, 2.45) is 0 Å². The lowest BCUT2D eigenvalue weighted by Crippen LogP contribution is -2.43. The van der Waals surface area contributed by atoms with E-state index in [-0.39, 0.29) is 12.0 Å². The first-order valence-electron chi connectivity index (χ1n) is 12.1. The van der Waals surface area contributed by atoms with Crippen molar-refractivity contribution < 1.29 is 28.2 Å². The molecule has 0 aliphatic heterocycles. The molecule has 0 spiro atoms. The molecule has 7 heteroatoms. The topological polar surface area (TPSA) is 73.9 Å². The number of nitrogens with one attached hydrogen (secondary N) is 1. The highest BCUT2D eigenvalue weighted by molar-refractivity contribution is 5.96. The Morgan fingerprint density at radius 2 is 1.37 bits per heavy atom. The molecule has 4 aromatic carbocycles. The van der Waals surface area contributed by atoms with Gasteiger partial charge in [-0.05, 0) is 47.0 Å². The number of rotatable bonds is 11. The molecule has 0 unspecified atom stereocenters. The lowest BCUT2D eigenvalue weighted by Gasteiger charge is -2.19. The van der Waals surface area contributed by atoms with Crippen LogP contribution in [0, 0.1) is 5.82 Å². The monoisotopic (exact) mass is 513 g/mol. The van der Waals surface area contributed by atoms with Gasteiger partial charge in [-0.2, -0.15) is 0 Å². The normalized spacial score (nSPS) is 11.3. The Kier molecular flexibility index (Phi) is 9.07. The van der Waals surface area contributed by atoms with Crippen molar-refractivity contribution in [2.75, 3.05) is 7.11 Å². The molecule has 0 radical (unpaired) electrons. The summed E-state index contributed by atoms with van der Waals surface area (Å²) in [6.07, 6.45) is 0.133. The Morgan fingerprint density at radius 1 is 0.737 bits per heavy atom. The summed E-state index contributed by atoms with van der Waals surface area (Å²) in [5.74, 6) is -0.693. The highest BCUT2D eigenvalue weighted by atomic mass is 19.1. The van der Waals surface area contributed by atoms with Crippen molar-refractivity contribution in [3.05, 3.63) is 131 Å². The van der Waals surface area contributed by atoms with Crippen LogP contribution in [0.4, 0.5) is 4.39 Å². The highest BCUT2D eigenvalue weighted by Crippen LogP contribution is 2.31. The number of hydrogen-bond donors (Lipinski definition) is 1. The molecular weight excluding hydrogens is 485 g/mol. The van der Waals surface area contributed by atoms with Crippen LogP contribution >= 0.6 is 0 Å². The molecule has 0 aliphatic carbocycles. The van der Waals surface area contributed by atoms with Gasteiger partial charge in [0.15, 0.2) is 11.5 Å². The second kappa shape index (κ2) is 13.1. The van der Waals surface area contributed by atoms with E-state index in [1.807, 2.05) is 60.7 Å². The third-order valence-corrected chi connectivity index (χ3v) is 5.80. The minimum absolute atomic E-state index is 0.107. The first kappa shape index (κ1) is 26.4. The molecular formula is C31H28FNO5. The fourth-order valence-corrected chi connectivity index (χ4v) is 3.82. The van der Waals surface area contributed by atoms with E-state index >= 15 is 0 Å². The molecule has 0 bridgehead atoms.